The van der Waals surface area contributed by atoms with Crippen LogP contribution >= 0.6 is 0 Å². The summed E-state index contributed by atoms with van der Waals surface area (Å²) in [5.41, 5.74) is 1.55. The highest BCUT2D eigenvalue weighted by atomic mass is 19.1. The Labute approximate surface area is 208 Å². The van der Waals surface area contributed by atoms with Crippen molar-refractivity contribution < 1.29 is 23.5 Å². The molecule has 0 radical (unpaired) electrons. The van der Waals surface area contributed by atoms with Gasteiger partial charge in [-0.1, -0.05) is 36.4 Å². The molecular formula is C28H28FN3O4. The maximum absolute atomic E-state index is 14.7. The summed E-state index contributed by atoms with van der Waals surface area (Å²) in [6.45, 7) is 1.99. The van der Waals surface area contributed by atoms with Gasteiger partial charge in [0.2, 0.25) is 5.91 Å². The Morgan fingerprint density at radius 3 is 2.53 bits per heavy atom. The number of rotatable bonds is 8. The van der Waals surface area contributed by atoms with Crippen LogP contribution in [0.15, 0.2) is 60.7 Å². The molecule has 3 aromatic carbocycles. The van der Waals surface area contributed by atoms with Gasteiger partial charge < -0.3 is 15.0 Å². The summed E-state index contributed by atoms with van der Waals surface area (Å²) in [6.07, 6.45) is 1.09. The molecule has 0 spiro atoms. The predicted octanol–water partition coefficient (Wildman–Crippen LogP) is 4.68. The van der Waals surface area contributed by atoms with Gasteiger partial charge in [0, 0.05) is 31.5 Å². The number of cyclic esters (lactones) is 1. The van der Waals surface area contributed by atoms with Crippen LogP contribution in [0.2, 0.25) is 0 Å². The van der Waals surface area contributed by atoms with E-state index in [0.717, 1.165) is 36.7 Å². The monoisotopic (exact) mass is 489 g/mol. The van der Waals surface area contributed by atoms with Gasteiger partial charge in [-0.3, -0.25) is 14.5 Å². The lowest BCUT2D eigenvalue weighted by Crippen LogP contribution is -2.34. The number of hydrogen-bond acceptors (Lipinski definition) is 5. The molecule has 5 rings (SSSR count). The molecule has 2 amide bonds. The van der Waals surface area contributed by atoms with Crippen molar-refractivity contribution in [3.8, 4) is 0 Å². The van der Waals surface area contributed by atoms with Crippen LogP contribution in [-0.4, -0.2) is 50.1 Å². The Balaban J connectivity index is 1.10. The van der Waals surface area contributed by atoms with Crippen molar-refractivity contribution in [1.82, 2.24) is 5.32 Å². The van der Waals surface area contributed by atoms with Crippen LogP contribution in [0.3, 0.4) is 0 Å². The van der Waals surface area contributed by atoms with Gasteiger partial charge in [0.15, 0.2) is 5.78 Å². The SMILES string of the molecule is O=C(CCC(=O)c1ccc2ccccc2c1)NCC1CN(c2ccc(N3CCCC3)c(F)c2)C(=O)O1. The van der Waals surface area contributed by atoms with Crippen LogP contribution in [0.4, 0.5) is 20.6 Å². The van der Waals surface area contributed by atoms with Crippen molar-refractivity contribution in [2.45, 2.75) is 31.8 Å². The van der Waals surface area contributed by atoms with Crippen LogP contribution < -0.4 is 15.1 Å². The summed E-state index contributed by atoms with van der Waals surface area (Å²) in [6, 6.07) is 18.1. The number of carbonyl (C=O) groups is 3. The molecule has 1 atom stereocenters. The van der Waals surface area contributed by atoms with E-state index >= 15 is 0 Å². The van der Waals surface area contributed by atoms with E-state index in [-0.39, 0.29) is 43.4 Å². The molecule has 0 bridgehead atoms. The van der Waals surface area contributed by atoms with E-state index in [2.05, 4.69) is 5.32 Å². The van der Waals surface area contributed by atoms with Crippen LogP contribution in [0.5, 0.6) is 0 Å². The molecule has 2 heterocycles. The zero-order chi connectivity index (χ0) is 25.1. The third-order valence-electron chi connectivity index (χ3n) is 6.74. The molecule has 3 aromatic rings. The first-order chi connectivity index (χ1) is 17.5. The lowest BCUT2D eigenvalue weighted by atomic mass is 10.0. The first-order valence-electron chi connectivity index (χ1n) is 12.3. The van der Waals surface area contributed by atoms with Crippen molar-refractivity contribution in [2.24, 2.45) is 0 Å². The standard InChI is InChI=1S/C28H28FN3O4/c29-24-16-22(9-10-25(24)31-13-3-4-14-31)32-18-23(36-28(32)35)17-30-27(34)12-11-26(33)21-8-7-19-5-1-2-6-20(19)15-21/h1-2,5-10,15-16,23H,3-4,11-14,17-18H2,(H,30,34). The molecule has 8 heteroatoms. The number of hydrogen-bond donors (Lipinski definition) is 1. The lowest BCUT2D eigenvalue weighted by molar-refractivity contribution is -0.121. The molecule has 2 fully saturated rings. The number of Topliss-reactive ketones (excluding diaryl/α,β-unsaturated/α-hetero) is 1. The molecule has 2 aliphatic rings. The Morgan fingerprint density at radius 2 is 1.75 bits per heavy atom. The van der Waals surface area contributed by atoms with Crippen molar-refractivity contribution in [2.75, 3.05) is 36.0 Å². The second-order valence-corrected chi connectivity index (χ2v) is 9.24. The van der Waals surface area contributed by atoms with Gasteiger partial charge in [0.05, 0.1) is 24.5 Å². The zero-order valence-corrected chi connectivity index (χ0v) is 19.9. The Kier molecular flexibility index (Phi) is 6.84. The van der Waals surface area contributed by atoms with E-state index in [0.29, 0.717) is 16.9 Å². The highest BCUT2D eigenvalue weighted by molar-refractivity contribution is 6.01. The predicted molar refractivity (Wildman–Crippen MR) is 136 cm³/mol. The second-order valence-electron chi connectivity index (χ2n) is 9.24. The highest BCUT2D eigenvalue weighted by Gasteiger charge is 2.33. The molecule has 0 saturated carbocycles. The summed E-state index contributed by atoms with van der Waals surface area (Å²) < 4.78 is 20.0. The van der Waals surface area contributed by atoms with Gasteiger partial charge in [0.25, 0.3) is 0 Å². The van der Waals surface area contributed by atoms with E-state index in [1.54, 1.807) is 18.2 Å². The Bertz CT molecular complexity index is 1300. The molecule has 0 aliphatic carbocycles. The first-order valence-corrected chi connectivity index (χ1v) is 12.3. The average molecular weight is 490 g/mol. The fourth-order valence-corrected chi connectivity index (χ4v) is 4.77. The van der Waals surface area contributed by atoms with Gasteiger partial charge in [-0.2, -0.15) is 0 Å². The molecule has 1 N–H and O–H groups in total. The zero-order valence-electron chi connectivity index (χ0n) is 19.9. The van der Waals surface area contributed by atoms with E-state index < -0.39 is 12.2 Å². The molecular weight excluding hydrogens is 461 g/mol. The summed E-state index contributed by atoms with van der Waals surface area (Å²) in [5.74, 6) is -0.761. The summed E-state index contributed by atoms with van der Waals surface area (Å²) >= 11 is 0. The van der Waals surface area contributed by atoms with Gasteiger partial charge in [-0.25, -0.2) is 9.18 Å². The number of fused-ring (bicyclic) bond motifs is 1. The number of carbonyl (C=O) groups excluding carboxylic acids is 3. The van der Waals surface area contributed by atoms with E-state index in [1.807, 2.05) is 41.3 Å². The molecule has 2 aliphatic heterocycles. The number of benzene rings is 3. The van der Waals surface area contributed by atoms with Crippen molar-refractivity contribution in [3.05, 3.63) is 72.0 Å². The quantitative estimate of drug-likeness (QED) is 0.465. The largest absolute Gasteiger partial charge is 0.442 e. The van der Waals surface area contributed by atoms with Gasteiger partial charge in [-0.05, 0) is 47.9 Å². The number of nitrogens with one attached hydrogen (secondary N) is 1. The minimum absolute atomic E-state index is 0.0409. The van der Waals surface area contributed by atoms with E-state index in [1.165, 1.54) is 11.0 Å². The fraction of sp³-hybridized carbons (Fsp3) is 0.321. The van der Waals surface area contributed by atoms with Crippen molar-refractivity contribution in [3.63, 3.8) is 0 Å². The smallest absolute Gasteiger partial charge is 0.414 e. The molecule has 186 valence electrons. The fourth-order valence-electron chi connectivity index (χ4n) is 4.77. The van der Waals surface area contributed by atoms with Gasteiger partial charge in [-0.15, -0.1) is 0 Å². The molecule has 7 nitrogen and oxygen atoms in total. The summed E-state index contributed by atoms with van der Waals surface area (Å²) in [5, 5.41) is 4.77. The van der Waals surface area contributed by atoms with Crippen LogP contribution in [0.1, 0.15) is 36.0 Å². The van der Waals surface area contributed by atoms with Crippen LogP contribution in [0, 0.1) is 5.82 Å². The van der Waals surface area contributed by atoms with Crippen molar-refractivity contribution >= 4 is 39.9 Å². The third kappa shape index (κ3) is 5.17. The first kappa shape index (κ1) is 23.8. The molecule has 36 heavy (non-hydrogen) atoms. The number of ketones is 1. The maximum atomic E-state index is 14.7. The van der Waals surface area contributed by atoms with E-state index in [4.69, 9.17) is 4.74 Å². The van der Waals surface area contributed by atoms with Gasteiger partial charge >= 0.3 is 6.09 Å². The normalized spacial score (nSPS) is 17.5. The lowest BCUT2D eigenvalue weighted by Gasteiger charge is -2.20. The van der Waals surface area contributed by atoms with Crippen molar-refractivity contribution in [1.29, 1.82) is 0 Å². The molecule has 0 aromatic heterocycles. The van der Waals surface area contributed by atoms with E-state index in [9.17, 15) is 18.8 Å². The maximum Gasteiger partial charge on any atom is 0.414 e. The third-order valence-corrected chi connectivity index (χ3v) is 6.74. The minimum Gasteiger partial charge on any atom is -0.442 e. The second kappa shape index (κ2) is 10.4. The topological polar surface area (TPSA) is 79.0 Å². The number of amides is 2. The van der Waals surface area contributed by atoms with Gasteiger partial charge in [0.1, 0.15) is 11.9 Å². The highest BCUT2D eigenvalue weighted by Crippen LogP contribution is 2.29. The molecule has 2 saturated heterocycles. The van der Waals surface area contributed by atoms with Crippen LogP contribution in [-0.2, 0) is 9.53 Å². The number of ether oxygens (including phenoxy) is 1. The summed E-state index contributed by atoms with van der Waals surface area (Å²) in [4.78, 5) is 40.6. The Hall–Kier alpha value is -3.94. The number of anilines is 2. The van der Waals surface area contributed by atoms with Crippen LogP contribution in [0.25, 0.3) is 10.8 Å². The number of halogens is 1. The average Bonchev–Trinajstić information content (AvgIpc) is 3.55. The number of nitrogens with zero attached hydrogens (tertiary/aromatic N) is 2. The Morgan fingerprint density at radius 1 is 0.972 bits per heavy atom. The minimum atomic E-state index is -0.575. The summed E-state index contributed by atoms with van der Waals surface area (Å²) in [7, 11) is 0. The molecule has 1 unspecified atom stereocenters.